The second kappa shape index (κ2) is 5.70. The molecular formula is C16H22N4O2. The maximum atomic E-state index is 12.7. The van der Waals surface area contributed by atoms with E-state index in [2.05, 4.69) is 9.88 Å². The van der Waals surface area contributed by atoms with Crippen molar-refractivity contribution in [1.29, 1.82) is 0 Å². The van der Waals surface area contributed by atoms with Crippen LogP contribution in [0.2, 0.25) is 0 Å². The molecule has 0 saturated carbocycles. The maximum Gasteiger partial charge on any atom is 0.257 e. The van der Waals surface area contributed by atoms with Gasteiger partial charge < -0.3 is 14.4 Å². The topological polar surface area (TPSA) is 61.1 Å². The molecule has 1 saturated heterocycles. The Labute approximate surface area is 130 Å². The lowest BCUT2D eigenvalue weighted by Crippen LogP contribution is -2.52. The summed E-state index contributed by atoms with van der Waals surface area (Å²) >= 11 is 0. The SMILES string of the molecule is CC(C)(O)CN1CCN(C(=O)c2cccn3ccnc23)CC1. The first-order chi connectivity index (χ1) is 10.4. The second-order valence-electron chi connectivity index (χ2n) is 6.46. The summed E-state index contributed by atoms with van der Waals surface area (Å²) in [5.74, 6) is 0.0275. The fourth-order valence-corrected chi connectivity index (χ4v) is 2.94. The van der Waals surface area contributed by atoms with E-state index < -0.39 is 5.60 Å². The summed E-state index contributed by atoms with van der Waals surface area (Å²) in [5, 5.41) is 9.88. The molecule has 0 aromatic carbocycles. The van der Waals surface area contributed by atoms with Crippen LogP contribution in [0.25, 0.3) is 5.65 Å². The number of carbonyl (C=O) groups excluding carboxylic acids is 1. The van der Waals surface area contributed by atoms with E-state index >= 15 is 0 Å². The van der Waals surface area contributed by atoms with Crippen LogP contribution >= 0.6 is 0 Å². The third-order valence-corrected chi connectivity index (χ3v) is 3.92. The van der Waals surface area contributed by atoms with E-state index in [9.17, 15) is 9.90 Å². The van der Waals surface area contributed by atoms with E-state index in [-0.39, 0.29) is 5.91 Å². The molecule has 2 aromatic rings. The van der Waals surface area contributed by atoms with Crippen LogP contribution in [0.5, 0.6) is 0 Å². The Morgan fingerprint density at radius 2 is 2.00 bits per heavy atom. The van der Waals surface area contributed by atoms with Gasteiger partial charge in [0.1, 0.15) is 5.65 Å². The van der Waals surface area contributed by atoms with Gasteiger partial charge in [0.05, 0.1) is 11.2 Å². The number of hydrogen-bond acceptors (Lipinski definition) is 4. The van der Waals surface area contributed by atoms with Crippen LogP contribution in [0.4, 0.5) is 0 Å². The standard InChI is InChI=1S/C16H22N4O2/c1-16(2,22)12-18-8-10-20(11-9-18)15(21)13-4-3-6-19-7-5-17-14(13)19/h3-7,22H,8-12H2,1-2H3. The van der Waals surface area contributed by atoms with E-state index in [1.54, 1.807) is 6.20 Å². The van der Waals surface area contributed by atoms with Gasteiger partial charge in [0.2, 0.25) is 0 Å². The molecule has 1 fully saturated rings. The molecule has 0 aliphatic carbocycles. The summed E-state index contributed by atoms with van der Waals surface area (Å²) in [6.07, 6.45) is 5.43. The molecule has 3 rings (SSSR count). The van der Waals surface area contributed by atoms with Gasteiger partial charge in [-0.05, 0) is 26.0 Å². The molecule has 0 bridgehead atoms. The highest BCUT2D eigenvalue weighted by Gasteiger charge is 2.26. The van der Waals surface area contributed by atoms with Crippen molar-refractivity contribution in [3.8, 4) is 0 Å². The lowest BCUT2D eigenvalue weighted by molar-refractivity contribution is 0.0179. The van der Waals surface area contributed by atoms with E-state index in [1.807, 2.05) is 47.7 Å². The van der Waals surface area contributed by atoms with Crippen molar-refractivity contribution >= 4 is 11.6 Å². The number of aromatic nitrogens is 2. The smallest absolute Gasteiger partial charge is 0.257 e. The fourth-order valence-electron chi connectivity index (χ4n) is 2.94. The van der Waals surface area contributed by atoms with Crippen molar-refractivity contribution in [3.63, 3.8) is 0 Å². The monoisotopic (exact) mass is 302 g/mol. The Morgan fingerprint density at radius 1 is 1.27 bits per heavy atom. The molecule has 0 spiro atoms. The molecule has 1 aliphatic rings. The van der Waals surface area contributed by atoms with E-state index in [0.29, 0.717) is 30.8 Å². The van der Waals surface area contributed by atoms with Crippen LogP contribution in [-0.2, 0) is 0 Å². The molecule has 22 heavy (non-hydrogen) atoms. The zero-order chi connectivity index (χ0) is 15.7. The van der Waals surface area contributed by atoms with Crippen molar-refractivity contribution in [1.82, 2.24) is 19.2 Å². The van der Waals surface area contributed by atoms with Gasteiger partial charge in [-0.3, -0.25) is 9.69 Å². The first-order valence-electron chi connectivity index (χ1n) is 7.60. The quantitative estimate of drug-likeness (QED) is 0.913. The molecular weight excluding hydrogens is 280 g/mol. The largest absolute Gasteiger partial charge is 0.389 e. The van der Waals surface area contributed by atoms with Gasteiger partial charge >= 0.3 is 0 Å². The van der Waals surface area contributed by atoms with E-state index in [1.165, 1.54) is 0 Å². The molecule has 0 radical (unpaired) electrons. The van der Waals surface area contributed by atoms with Crippen LogP contribution < -0.4 is 0 Å². The van der Waals surface area contributed by atoms with Crippen molar-refractivity contribution in [2.45, 2.75) is 19.4 Å². The number of piperazine rings is 1. The number of pyridine rings is 1. The number of imidazole rings is 1. The number of hydrogen-bond donors (Lipinski definition) is 1. The summed E-state index contributed by atoms with van der Waals surface area (Å²) in [7, 11) is 0. The Morgan fingerprint density at radius 3 is 2.68 bits per heavy atom. The van der Waals surface area contributed by atoms with Crippen LogP contribution in [0.1, 0.15) is 24.2 Å². The van der Waals surface area contributed by atoms with Crippen LogP contribution in [0.15, 0.2) is 30.7 Å². The van der Waals surface area contributed by atoms with Crippen molar-refractivity contribution in [3.05, 3.63) is 36.3 Å². The van der Waals surface area contributed by atoms with E-state index in [4.69, 9.17) is 0 Å². The molecule has 0 unspecified atom stereocenters. The number of β-amino-alcohol motifs (C(OH)–C–C–N with tert-alkyl or cyclic N) is 1. The van der Waals surface area contributed by atoms with Gasteiger partial charge in [0.25, 0.3) is 5.91 Å². The highest BCUT2D eigenvalue weighted by Crippen LogP contribution is 2.14. The number of amides is 1. The summed E-state index contributed by atoms with van der Waals surface area (Å²) < 4.78 is 1.86. The molecule has 6 heteroatoms. The first kappa shape index (κ1) is 15.0. The van der Waals surface area contributed by atoms with Gasteiger partial charge in [-0.15, -0.1) is 0 Å². The van der Waals surface area contributed by atoms with Gasteiger partial charge in [-0.25, -0.2) is 4.98 Å². The predicted molar refractivity (Wildman–Crippen MR) is 83.8 cm³/mol. The third kappa shape index (κ3) is 3.13. The Balaban J connectivity index is 1.69. The van der Waals surface area contributed by atoms with Crippen LogP contribution in [0, 0.1) is 0 Å². The van der Waals surface area contributed by atoms with Gasteiger partial charge in [0.15, 0.2) is 0 Å². The van der Waals surface area contributed by atoms with Crippen molar-refractivity contribution in [2.24, 2.45) is 0 Å². The average molecular weight is 302 g/mol. The van der Waals surface area contributed by atoms with Crippen molar-refractivity contribution < 1.29 is 9.90 Å². The minimum absolute atomic E-state index is 0.0275. The maximum absolute atomic E-state index is 12.7. The molecule has 1 amide bonds. The molecule has 6 nitrogen and oxygen atoms in total. The number of nitrogens with zero attached hydrogens (tertiary/aromatic N) is 4. The van der Waals surface area contributed by atoms with Crippen molar-refractivity contribution in [2.75, 3.05) is 32.7 Å². The van der Waals surface area contributed by atoms with Gasteiger partial charge in [-0.2, -0.15) is 0 Å². The molecule has 118 valence electrons. The highest BCUT2D eigenvalue weighted by atomic mass is 16.3. The normalized spacial score (nSPS) is 17.1. The predicted octanol–water partition coefficient (Wildman–Crippen LogP) is 0.863. The molecule has 0 atom stereocenters. The van der Waals surface area contributed by atoms with Crippen LogP contribution in [-0.4, -0.2) is 68.5 Å². The summed E-state index contributed by atoms with van der Waals surface area (Å²) in [6.45, 7) is 7.17. The zero-order valence-electron chi connectivity index (χ0n) is 13.1. The van der Waals surface area contributed by atoms with Crippen LogP contribution in [0.3, 0.4) is 0 Å². The lowest BCUT2D eigenvalue weighted by Gasteiger charge is -2.37. The lowest BCUT2D eigenvalue weighted by atomic mass is 10.1. The third-order valence-electron chi connectivity index (χ3n) is 3.92. The van der Waals surface area contributed by atoms with E-state index in [0.717, 1.165) is 13.1 Å². The molecule has 1 N–H and O–H groups in total. The van der Waals surface area contributed by atoms with Gasteiger partial charge in [-0.1, -0.05) is 0 Å². The molecule has 1 aliphatic heterocycles. The average Bonchev–Trinajstić information content (AvgIpc) is 2.94. The minimum Gasteiger partial charge on any atom is -0.389 e. The van der Waals surface area contributed by atoms with Gasteiger partial charge in [0, 0.05) is 51.3 Å². The number of carbonyl (C=O) groups is 1. The number of aliphatic hydroxyl groups is 1. The minimum atomic E-state index is -0.701. The Hall–Kier alpha value is -1.92. The Kier molecular flexibility index (Phi) is 3.88. The summed E-state index contributed by atoms with van der Waals surface area (Å²) in [4.78, 5) is 21.0. The first-order valence-corrected chi connectivity index (χ1v) is 7.60. The number of fused-ring (bicyclic) bond motifs is 1. The summed E-state index contributed by atoms with van der Waals surface area (Å²) in [6, 6.07) is 3.69. The molecule has 3 heterocycles. The fraction of sp³-hybridized carbons (Fsp3) is 0.500. The Bertz CT molecular complexity index is 666. The molecule has 2 aromatic heterocycles. The number of rotatable bonds is 3. The zero-order valence-corrected chi connectivity index (χ0v) is 13.1. The second-order valence-corrected chi connectivity index (χ2v) is 6.46. The summed E-state index contributed by atoms with van der Waals surface area (Å²) in [5.41, 5.74) is 0.642. The highest BCUT2D eigenvalue weighted by molar-refractivity contribution is 5.99.